The third-order valence-corrected chi connectivity index (χ3v) is 3.56. The van der Waals surface area contributed by atoms with Gasteiger partial charge in [0.25, 0.3) is 0 Å². The average molecular weight is 257 g/mol. The van der Waals surface area contributed by atoms with Crippen LogP contribution in [0, 0.1) is 5.92 Å². The molecule has 4 nitrogen and oxygen atoms in total. The van der Waals surface area contributed by atoms with Gasteiger partial charge in [-0.2, -0.15) is 0 Å². The zero-order valence-corrected chi connectivity index (χ0v) is 11.7. The van der Waals surface area contributed by atoms with Gasteiger partial charge in [-0.1, -0.05) is 32.1 Å². The summed E-state index contributed by atoms with van der Waals surface area (Å²) in [5, 5.41) is 3.25. The van der Waals surface area contributed by atoms with Gasteiger partial charge in [0.15, 0.2) is 0 Å². The highest BCUT2D eigenvalue weighted by atomic mass is 16.5. The zero-order chi connectivity index (χ0) is 13.2. The molecule has 0 aromatic rings. The van der Waals surface area contributed by atoms with Gasteiger partial charge in [0.2, 0.25) is 0 Å². The molecule has 0 radical (unpaired) electrons. The van der Waals surface area contributed by atoms with E-state index in [4.69, 9.17) is 9.47 Å². The van der Waals surface area contributed by atoms with Crippen LogP contribution in [0.25, 0.3) is 0 Å². The van der Waals surface area contributed by atoms with Crippen LogP contribution >= 0.6 is 0 Å². The highest BCUT2D eigenvalue weighted by Crippen LogP contribution is 2.27. The second-order valence-electron chi connectivity index (χ2n) is 4.99. The Morgan fingerprint density at radius 1 is 1.33 bits per heavy atom. The first-order valence-electron chi connectivity index (χ1n) is 7.16. The lowest BCUT2D eigenvalue weighted by Gasteiger charge is -2.26. The summed E-state index contributed by atoms with van der Waals surface area (Å²) in [5.74, 6) is 0.558. The first-order valence-corrected chi connectivity index (χ1v) is 7.16. The van der Waals surface area contributed by atoms with E-state index in [9.17, 15) is 4.79 Å². The molecule has 1 fully saturated rings. The number of esters is 1. The molecule has 1 saturated carbocycles. The molecule has 0 bridgehead atoms. The number of carbonyl (C=O) groups is 1. The van der Waals surface area contributed by atoms with Crippen molar-refractivity contribution in [3.8, 4) is 0 Å². The lowest BCUT2D eigenvalue weighted by Crippen LogP contribution is -2.41. The van der Waals surface area contributed by atoms with Crippen LogP contribution in [0.15, 0.2) is 0 Å². The molecule has 0 amide bonds. The second kappa shape index (κ2) is 9.34. The zero-order valence-electron chi connectivity index (χ0n) is 11.7. The Labute approximate surface area is 110 Å². The Kier molecular flexibility index (Phi) is 8.01. The number of rotatable bonds is 8. The van der Waals surface area contributed by atoms with E-state index in [1.54, 1.807) is 7.11 Å². The molecule has 1 aliphatic carbocycles. The van der Waals surface area contributed by atoms with Gasteiger partial charge in [-0.05, 0) is 19.3 Å². The normalized spacial score (nSPS) is 18.6. The molecule has 1 rings (SSSR count). The van der Waals surface area contributed by atoms with Crippen LogP contribution in [0.1, 0.15) is 45.4 Å². The van der Waals surface area contributed by atoms with E-state index in [1.807, 2.05) is 6.92 Å². The monoisotopic (exact) mass is 257 g/mol. The molecule has 1 unspecified atom stereocenters. The summed E-state index contributed by atoms with van der Waals surface area (Å²) in [5.41, 5.74) is 0. The van der Waals surface area contributed by atoms with Crippen LogP contribution < -0.4 is 5.32 Å². The van der Waals surface area contributed by atoms with Gasteiger partial charge >= 0.3 is 5.97 Å². The summed E-state index contributed by atoms with van der Waals surface area (Å²) in [6.45, 7) is 3.63. The molecule has 4 heteroatoms. The highest BCUT2D eigenvalue weighted by molar-refractivity contribution is 5.75. The molecular weight excluding hydrogens is 230 g/mol. The van der Waals surface area contributed by atoms with Gasteiger partial charge in [0.05, 0.1) is 13.2 Å². The highest BCUT2D eigenvalue weighted by Gasteiger charge is 2.24. The Morgan fingerprint density at radius 3 is 2.67 bits per heavy atom. The third-order valence-electron chi connectivity index (χ3n) is 3.56. The Hall–Kier alpha value is -0.610. The Balaban J connectivity index is 2.38. The summed E-state index contributed by atoms with van der Waals surface area (Å²) >= 11 is 0. The van der Waals surface area contributed by atoms with Crippen molar-refractivity contribution in [3.63, 3.8) is 0 Å². The third kappa shape index (κ3) is 5.83. The molecule has 0 aliphatic heterocycles. The van der Waals surface area contributed by atoms with E-state index >= 15 is 0 Å². The topological polar surface area (TPSA) is 47.6 Å². The number of nitrogens with one attached hydrogen (secondary N) is 1. The minimum Gasteiger partial charge on any atom is -0.465 e. The molecule has 0 aromatic carbocycles. The molecule has 106 valence electrons. The van der Waals surface area contributed by atoms with Crippen LogP contribution in [-0.2, 0) is 14.3 Å². The van der Waals surface area contributed by atoms with Crippen LogP contribution in [0.2, 0.25) is 0 Å². The minimum atomic E-state index is -0.164. The number of hydrogen-bond acceptors (Lipinski definition) is 4. The quantitative estimate of drug-likeness (QED) is 0.534. The smallest absolute Gasteiger partial charge is 0.323 e. The fourth-order valence-electron chi connectivity index (χ4n) is 2.60. The van der Waals surface area contributed by atoms with Crippen LogP contribution in [0.3, 0.4) is 0 Å². The van der Waals surface area contributed by atoms with Crippen molar-refractivity contribution >= 4 is 5.97 Å². The molecule has 1 N–H and O–H groups in total. The molecule has 1 atom stereocenters. The lowest BCUT2D eigenvalue weighted by molar-refractivity contribution is -0.146. The number of methoxy groups -OCH3 is 1. The van der Waals surface area contributed by atoms with Crippen molar-refractivity contribution in [2.24, 2.45) is 5.92 Å². The van der Waals surface area contributed by atoms with Crippen molar-refractivity contribution in [3.05, 3.63) is 0 Å². The maximum atomic E-state index is 11.9. The van der Waals surface area contributed by atoms with Gasteiger partial charge in [-0.15, -0.1) is 0 Å². The fraction of sp³-hybridized carbons (Fsp3) is 0.929. The van der Waals surface area contributed by atoms with E-state index in [0.717, 1.165) is 6.42 Å². The molecule has 0 spiro atoms. The van der Waals surface area contributed by atoms with Gasteiger partial charge in [-0.3, -0.25) is 4.79 Å². The lowest BCUT2D eigenvalue weighted by atomic mass is 9.85. The first-order chi connectivity index (χ1) is 8.77. The van der Waals surface area contributed by atoms with Crippen LogP contribution in [0.4, 0.5) is 0 Å². The number of hydrogen-bond donors (Lipinski definition) is 1. The van der Waals surface area contributed by atoms with Crippen molar-refractivity contribution in [2.45, 2.75) is 51.5 Å². The largest absolute Gasteiger partial charge is 0.465 e. The fourth-order valence-corrected chi connectivity index (χ4v) is 2.60. The number of ether oxygens (including phenoxy) is 2. The Morgan fingerprint density at radius 2 is 2.06 bits per heavy atom. The molecule has 0 saturated heterocycles. The van der Waals surface area contributed by atoms with Gasteiger partial charge in [0, 0.05) is 13.7 Å². The average Bonchev–Trinajstić information content (AvgIpc) is 2.39. The van der Waals surface area contributed by atoms with E-state index in [1.165, 1.54) is 32.1 Å². The van der Waals surface area contributed by atoms with Crippen LogP contribution in [0.5, 0.6) is 0 Å². The predicted molar refractivity (Wildman–Crippen MR) is 71.5 cm³/mol. The minimum absolute atomic E-state index is 0.112. The van der Waals surface area contributed by atoms with E-state index in [0.29, 0.717) is 25.7 Å². The second-order valence-corrected chi connectivity index (χ2v) is 4.99. The summed E-state index contributed by atoms with van der Waals surface area (Å²) in [6, 6.07) is -0.164. The summed E-state index contributed by atoms with van der Waals surface area (Å²) in [6.07, 6.45) is 7.36. The van der Waals surface area contributed by atoms with Gasteiger partial charge < -0.3 is 14.8 Å². The van der Waals surface area contributed by atoms with E-state index in [-0.39, 0.29) is 12.0 Å². The van der Waals surface area contributed by atoms with Crippen LogP contribution in [-0.4, -0.2) is 38.9 Å². The predicted octanol–water partition coefficient (Wildman–Crippen LogP) is 2.12. The standard InChI is InChI=1S/C14H27NO3/c1-3-18-14(16)13(15-9-10-17-2)11-12-7-5-4-6-8-12/h12-13,15H,3-11H2,1-2H3. The summed E-state index contributed by atoms with van der Waals surface area (Å²) < 4.78 is 10.1. The van der Waals surface area contributed by atoms with Crippen molar-refractivity contribution in [1.82, 2.24) is 5.32 Å². The SMILES string of the molecule is CCOC(=O)C(CC1CCCCC1)NCCOC. The van der Waals surface area contributed by atoms with Crippen molar-refractivity contribution in [2.75, 3.05) is 26.9 Å². The van der Waals surface area contributed by atoms with Gasteiger partial charge in [-0.25, -0.2) is 0 Å². The number of carbonyl (C=O) groups excluding carboxylic acids is 1. The first kappa shape index (κ1) is 15.4. The van der Waals surface area contributed by atoms with Gasteiger partial charge in [0.1, 0.15) is 6.04 Å². The van der Waals surface area contributed by atoms with E-state index in [2.05, 4.69) is 5.32 Å². The molecule has 1 aliphatic rings. The molecule has 18 heavy (non-hydrogen) atoms. The maximum absolute atomic E-state index is 11.9. The maximum Gasteiger partial charge on any atom is 0.323 e. The van der Waals surface area contributed by atoms with Crippen molar-refractivity contribution in [1.29, 1.82) is 0 Å². The van der Waals surface area contributed by atoms with Crippen molar-refractivity contribution < 1.29 is 14.3 Å². The molecular formula is C14H27NO3. The summed E-state index contributed by atoms with van der Waals surface area (Å²) in [7, 11) is 1.67. The van der Waals surface area contributed by atoms with E-state index < -0.39 is 0 Å². The molecule has 0 aromatic heterocycles. The Bertz CT molecular complexity index is 227. The molecule has 0 heterocycles. The summed E-state index contributed by atoms with van der Waals surface area (Å²) in [4.78, 5) is 11.9.